The Balaban J connectivity index is 1.49. The smallest absolute Gasteiger partial charge is 0.338 e. The lowest BCUT2D eigenvalue weighted by Gasteiger charge is -2.15. The Morgan fingerprint density at radius 1 is 1.10 bits per heavy atom. The van der Waals surface area contributed by atoms with Crippen LogP contribution >= 0.6 is 0 Å². The zero-order valence-electron chi connectivity index (χ0n) is 16.1. The molecule has 1 fully saturated rings. The third-order valence-corrected chi connectivity index (χ3v) is 5.15. The SMILES string of the molecule is CCc1ccc2c(COC(=O)c3ccc(N4CCCC4=O)cc3)cc(=O)oc2c1. The molecule has 1 saturated heterocycles. The monoisotopic (exact) mass is 391 g/mol. The van der Waals surface area contributed by atoms with Crippen molar-refractivity contribution < 1.29 is 18.7 Å². The van der Waals surface area contributed by atoms with Crippen molar-refractivity contribution in [1.82, 2.24) is 0 Å². The molecule has 0 spiro atoms. The van der Waals surface area contributed by atoms with Crippen LogP contribution in [0.2, 0.25) is 0 Å². The summed E-state index contributed by atoms with van der Waals surface area (Å²) in [4.78, 5) is 37.8. The van der Waals surface area contributed by atoms with Crippen molar-refractivity contribution in [2.24, 2.45) is 0 Å². The van der Waals surface area contributed by atoms with Crippen LogP contribution < -0.4 is 10.5 Å². The molecular formula is C23H21NO5. The van der Waals surface area contributed by atoms with Gasteiger partial charge in [-0.3, -0.25) is 4.79 Å². The zero-order valence-corrected chi connectivity index (χ0v) is 16.1. The average molecular weight is 391 g/mol. The second-order valence-corrected chi connectivity index (χ2v) is 7.05. The van der Waals surface area contributed by atoms with Crippen molar-refractivity contribution in [3.63, 3.8) is 0 Å². The van der Waals surface area contributed by atoms with Gasteiger partial charge in [0, 0.05) is 35.7 Å². The maximum Gasteiger partial charge on any atom is 0.338 e. The first kappa shape index (κ1) is 18.9. The Kier molecular flexibility index (Phi) is 5.16. The molecule has 2 aromatic carbocycles. The van der Waals surface area contributed by atoms with Crippen LogP contribution in [-0.4, -0.2) is 18.4 Å². The lowest BCUT2D eigenvalue weighted by molar-refractivity contribution is -0.117. The molecule has 0 saturated carbocycles. The van der Waals surface area contributed by atoms with Crippen molar-refractivity contribution in [3.8, 4) is 0 Å². The highest BCUT2D eigenvalue weighted by Gasteiger charge is 2.21. The fourth-order valence-corrected chi connectivity index (χ4v) is 3.54. The number of carbonyl (C=O) groups excluding carboxylic acids is 2. The summed E-state index contributed by atoms with van der Waals surface area (Å²) in [6.45, 7) is 2.70. The van der Waals surface area contributed by atoms with Crippen molar-refractivity contribution in [3.05, 3.63) is 75.6 Å². The van der Waals surface area contributed by atoms with E-state index >= 15 is 0 Å². The Morgan fingerprint density at radius 3 is 2.59 bits per heavy atom. The van der Waals surface area contributed by atoms with Gasteiger partial charge in [-0.05, 0) is 48.7 Å². The number of ether oxygens (including phenoxy) is 1. The van der Waals surface area contributed by atoms with E-state index in [4.69, 9.17) is 9.15 Å². The Bertz CT molecular complexity index is 1130. The molecule has 0 bridgehead atoms. The first-order valence-electron chi connectivity index (χ1n) is 9.68. The Morgan fingerprint density at radius 2 is 1.90 bits per heavy atom. The van der Waals surface area contributed by atoms with E-state index in [2.05, 4.69) is 0 Å². The normalized spacial score (nSPS) is 13.8. The number of rotatable bonds is 5. The number of benzene rings is 2. The van der Waals surface area contributed by atoms with Gasteiger partial charge in [-0.2, -0.15) is 0 Å². The molecule has 6 nitrogen and oxygen atoms in total. The number of hydrogen-bond acceptors (Lipinski definition) is 5. The summed E-state index contributed by atoms with van der Waals surface area (Å²) < 4.78 is 10.7. The van der Waals surface area contributed by atoms with Crippen LogP contribution in [0.15, 0.2) is 57.7 Å². The van der Waals surface area contributed by atoms with Gasteiger partial charge in [-0.15, -0.1) is 0 Å². The van der Waals surface area contributed by atoms with Crippen molar-refractivity contribution in [2.75, 3.05) is 11.4 Å². The van der Waals surface area contributed by atoms with Gasteiger partial charge in [-0.25, -0.2) is 9.59 Å². The molecule has 0 atom stereocenters. The van der Waals surface area contributed by atoms with Crippen LogP contribution in [0.3, 0.4) is 0 Å². The standard InChI is InChI=1S/C23H21NO5/c1-2-15-5-10-19-17(13-22(26)29-20(19)12-15)14-28-23(27)16-6-8-18(9-7-16)24-11-3-4-21(24)25/h5-10,12-13H,2-4,11,14H2,1H3. The number of amides is 1. The quantitative estimate of drug-likeness (QED) is 0.488. The van der Waals surface area contributed by atoms with Crippen LogP contribution in [0.4, 0.5) is 5.69 Å². The molecule has 0 N–H and O–H groups in total. The maximum atomic E-state index is 12.4. The summed E-state index contributed by atoms with van der Waals surface area (Å²) in [6, 6.07) is 13.8. The number of anilines is 1. The van der Waals surface area contributed by atoms with Crippen LogP contribution in [0.1, 0.15) is 41.3 Å². The van der Waals surface area contributed by atoms with Crippen molar-refractivity contribution in [2.45, 2.75) is 32.8 Å². The minimum atomic E-state index is -0.490. The Labute approximate surface area is 167 Å². The number of hydrogen-bond donors (Lipinski definition) is 0. The molecule has 4 rings (SSSR count). The molecule has 1 aromatic heterocycles. The number of nitrogens with zero attached hydrogens (tertiary/aromatic N) is 1. The third kappa shape index (κ3) is 3.92. The molecule has 2 heterocycles. The second kappa shape index (κ2) is 7.91. The van der Waals surface area contributed by atoms with Gasteiger partial charge in [0.2, 0.25) is 5.91 Å². The number of fused-ring (bicyclic) bond motifs is 1. The maximum absolute atomic E-state index is 12.4. The summed E-state index contributed by atoms with van der Waals surface area (Å²) in [7, 11) is 0. The highest BCUT2D eigenvalue weighted by Crippen LogP contribution is 2.23. The molecule has 1 amide bonds. The Hall–Kier alpha value is -3.41. The van der Waals surface area contributed by atoms with Crippen LogP contribution in [0, 0.1) is 0 Å². The molecule has 29 heavy (non-hydrogen) atoms. The van der Waals surface area contributed by atoms with Crippen molar-refractivity contribution >= 4 is 28.5 Å². The van der Waals surface area contributed by atoms with Gasteiger partial charge in [0.05, 0.1) is 5.56 Å². The van der Waals surface area contributed by atoms with Crippen LogP contribution in [0.5, 0.6) is 0 Å². The first-order chi connectivity index (χ1) is 14.0. The first-order valence-corrected chi connectivity index (χ1v) is 9.68. The van der Waals surface area contributed by atoms with E-state index in [1.807, 2.05) is 25.1 Å². The molecule has 1 aliphatic rings. The summed E-state index contributed by atoms with van der Waals surface area (Å²) in [6.07, 6.45) is 2.24. The van der Waals surface area contributed by atoms with E-state index in [9.17, 15) is 14.4 Å². The molecule has 148 valence electrons. The summed E-state index contributed by atoms with van der Waals surface area (Å²) in [5.41, 5.74) is 2.85. The van der Waals surface area contributed by atoms with Crippen LogP contribution in [-0.2, 0) is 22.6 Å². The third-order valence-electron chi connectivity index (χ3n) is 5.15. The zero-order chi connectivity index (χ0) is 20.4. The summed E-state index contributed by atoms with van der Waals surface area (Å²) in [5.74, 6) is -0.391. The summed E-state index contributed by atoms with van der Waals surface area (Å²) in [5, 5.41) is 0.748. The highest BCUT2D eigenvalue weighted by molar-refractivity contribution is 5.96. The van der Waals surface area contributed by atoms with Gasteiger partial charge in [-0.1, -0.05) is 19.1 Å². The molecule has 1 aliphatic heterocycles. The molecule has 0 aliphatic carbocycles. The molecule has 0 unspecified atom stereocenters. The van der Waals surface area contributed by atoms with E-state index in [1.54, 1.807) is 29.2 Å². The number of aryl methyl sites for hydroxylation is 1. The van der Waals surface area contributed by atoms with Gasteiger partial charge in [0.1, 0.15) is 12.2 Å². The topological polar surface area (TPSA) is 76.8 Å². The number of carbonyl (C=O) groups is 2. The average Bonchev–Trinajstić information content (AvgIpc) is 3.17. The van der Waals surface area contributed by atoms with Gasteiger partial charge < -0.3 is 14.1 Å². The van der Waals surface area contributed by atoms with Crippen LogP contribution in [0.25, 0.3) is 11.0 Å². The fraction of sp³-hybridized carbons (Fsp3) is 0.261. The predicted molar refractivity (Wildman–Crippen MR) is 109 cm³/mol. The lowest BCUT2D eigenvalue weighted by atomic mass is 10.1. The molecule has 3 aromatic rings. The second-order valence-electron chi connectivity index (χ2n) is 7.05. The summed E-state index contributed by atoms with van der Waals surface area (Å²) >= 11 is 0. The van der Waals surface area contributed by atoms with E-state index in [-0.39, 0.29) is 12.5 Å². The van der Waals surface area contributed by atoms with Crippen molar-refractivity contribution in [1.29, 1.82) is 0 Å². The van der Waals surface area contributed by atoms with Gasteiger partial charge in [0.15, 0.2) is 0 Å². The van der Waals surface area contributed by atoms with E-state index in [0.717, 1.165) is 29.5 Å². The fourth-order valence-electron chi connectivity index (χ4n) is 3.54. The van der Waals surface area contributed by atoms with Gasteiger partial charge in [0.25, 0.3) is 0 Å². The molecule has 0 radical (unpaired) electrons. The minimum absolute atomic E-state index is 0.0290. The highest BCUT2D eigenvalue weighted by atomic mass is 16.5. The molecule has 6 heteroatoms. The largest absolute Gasteiger partial charge is 0.457 e. The van der Waals surface area contributed by atoms with E-state index in [0.29, 0.717) is 29.7 Å². The lowest BCUT2D eigenvalue weighted by Crippen LogP contribution is -2.23. The number of esters is 1. The van der Waals surface area contributed by atoms with E-state index in [1.165, 1.54) is 6.07 Å². The molecular weight excluding hydrogens is 370 g/mol. The van der Waals surface area contributed by atoms with Gasteiger partial charge >= 0.3 is 11.6 Å². The minimum Gasteiger partial charge on any atom is -0.457 e. The predicted octanol–water partition coefficient (Wildman–Crippen LogP) is 3.84. The van der Waals surface area contributed by atoms with E-state index < -0.39 is 11.6 Å².